The first-order chi connectivity index (χ1) is 37.0. The van der Waals surface area contributed by atoms with Crippen LogP contribution in [0.5, 0.6) is 0 Å². The van der Waals surface area contributed by atoms with Crippen LogP contribution in [0.15, 0.2) is 12.2 Å². The normalized spacial score (nSPS) is 12.5. The van der Waals surface area contributed by atoms with Gasteiger partial charge >= 0.3 is 5.97 Å². The Morgan fingerprint density at radius 1 is 0.360 bits per heavy atom. The van der Waals surface area contributed by atoms with E-state index >= 15 is 0 Å². The first kappa shape index (κ1) is 73.6. The highest BCUT2D eigenvalue weighted by Gasteiger charge is 2.18. The third-order valence-electron chi connectivity index (χ3n) is 16.3. The van der Waals surface area contributed by atoms with Crippen molar-refractivity contribution in [2.45, 2.75) is 405 Å². The van der Waals surface area contributed by atoms with Crippen molar-refractivity contribution in [2.75, 3.05) is 13.2 Å². The van der Waals surface area contributed by atoms with Crippen molar-refractivity contribution in [2.24, 2.45) is 0 Å². The van der Waals surface area contributed by atoms with Gasteiger partial charge in [0, 0.05) is 12.8 Å². The van der Waals surface area contributed by atoms with Crippen molar-refractivity contribution in [3.05, 3.63) is 12.2 Å². The van der Waals surface area contributed by atoms with Gasteiger partial charge in [-0.25, -0.2) is 0 Å². The lowest BCUT2D eigenvalue weighted by atomic mass is 10.0. The van der Waals surface area contributed by atoms with Crippen LogP contribution in [0.25, 0.3) is 0 Å². The van der Waals surface area contributed by atoms with E-state index in [0.29, 0.717) is 19.4 Å². The predicted octanol–water partition coefficient (Wildman–Crippen LogP) is 22.0. The summed E-state index contributed by atoms with van der Waals surface area (Å²) in [7, 11) is 0. The summed E-state index contributed by atoms with van der Waals surface area (Å²) in [5, 5.41) is 23.1. The van der Waals surface area contributed by atoms with Gasteiger partial charge in [-0.15, -0.1) is 0 Å². The zero-order chi connectivity index (χ0) is 54.3. The molecule has 2 unspecified atom stereocenters. The van der Waals surface area contributed by atoms with E-state index in [4.69, 9.17) is 4.74 Å². The third-order valence-corrected chi connectivity index (χ3v) is 16.3. The Hall–Kier alpha value is -1.40. The molecule has 0 spiro atoms. The maximum atomic E-state index is 12.4. The predicted molar refractivity (Wildman–Crippen MR) is 329 cm³/mol. The second-order valence-electron chi connectivity index (χ2n) is 23.9. The van der Waals surface area contributed by atoms with E-state index in [1.807, 2.05) is 6.08 Å². The number of hydrogen-bond donors (Lipinski definition) is 3. The molecular formula is C69H135NO5. The number of unbranched alkanes of at least 4 members (excludes halogenated alkanes) is 54. The van der Waals surface area contributed by atoms with E-state index in [-0.39, 0.29) is 18.5 Å². The zero-order valence-electron chi connectivity index (χ0n) is 51.1. The summed E-state index contributed by atoms with van der Waals surface area (Å²) in [5.74, 6) is -0.0398. The number of amides is 1. The summed E-state index contributed by atoms with van der Waals surface area (Å²) in [6, 6.07) is -0.623. The van der Waals surface area contributed by atoms with Gasteiger partial charge in [0.1, 0.15) is 0 Å². The van der Waals surface area contributed by atoms with Crippen LogP contribution in [0.4, 0.5) is 0 Å². The van der Waals surface area contributed by atoms with Crippen LogP contribution in [0.2, 0.25) is 0 Å². The molecule has 75 heavy (non-hydrogen) atoms. The number of allylic oxidation sites excluding steroid dienone is 1. The molecule has 0 aromatic rings. The lowest BCUT2D eigenvalue weighted by molar-refractivity contribution is -0.143. The van der Waals surface area contributed by atoms with Crippen LogP contribution in [0.3, 0.4) is 0 Å². The molecular weight excluding hydrogens is 923 g/mol. The summed E-state index contributed by atoms with van der Waals surface area (Å²) in [6.07, 6.45) is 80.1. The van der Waals surface area contributed by atoms with Crippen molar-refractivity contribution in [1.82, 2.24) is 5.32 Å². The van der Waals surface area contributed by atoms with Gasteiger partial charge in [-0.05, 0) is 32.1 Å². The molecule has 0 saturated carbocycles. The van der Waals surface area contributed by atoms with E-state index in [2.05, 4.69) is 19.2 Å². The van der Waals surface area contributed by atoms with Gasteiger partial charge in [-0.2, -0.15) is 0 Å². The molecule has 0 aliphatic heterocycles. The monoisotopic (exact) mass is 1060 g/mol. The van der Waals surface area contributed by atoms with Crippen molar-refractivity contribution in [1.29, 1.82) is 0 Å². The average Bonchev–Trinajstić information content (AvgIpc) is 3.41. The summed E-state index contributed by atoms with van der Waals surface area (Å²) >= 11 is 0. The quantitative estimate of drug-likeness (QED) is 0.0320. The number of ether oxygens (including phenoxy) is 1. The van der Waals surface area contributed by atoms with E-state index in [0.717, 1.165) is 38.5 Å². The Labute approximate surface area is 469 Å². The first-order valence-electron chi connectivity index (χ1n) is 34.5. The fourth-order valence-electron chi connectivity index (χ4n) is 11.1. The molecule has 6 heteroatoms. The number of carbonyl (C=O) groups is 2. The van der Waals surface area contributed by atoms with Crippen molar-refractivity contribution in [3.8, 4) is 0 Å². The molecule has 446 valence electrons. The molecule has 0 aliphatic rings. The van der Waals surface area contributed by atoms with Gasteiger partial charge in [0.25, 0.3) is 0 Å². The second kappa shape index (κ2) is 65.1. The number of carbonyl (C=O) groups excluding carboxylic acids is 2. The lowest BCUT2D eigenvalue weighted by Gasteiger charge is -2.20. The van der Waals surface area contributed by atoms with Crippen LogP contribution >= 0.6 is 0 Å². The fraction of sp³-hybridized carbons (Fsp3) is 0.942. The molecule has 3 N–H and O–H groups in total. The Kier molecular flexibility index (Phi) is 63.9. The Balaban J connectivity index is 3.31. The topological polar surface area (TPSA) is 95.9 Å². The largest absolute Gasteiger partial charge is 0.466 e. The smallest absolute Gasteiger partial charge is 0.305 e. The van der Waals surface area contributed by atoms with Crippen molar-refractivity contribution < 1.29 is 24.5 Å². The van der Waals surface area contributed by atoms with Gasteiger partial charge < -0.3 is 20.3 Å². The standard InChI is InChI=1S/C69H135NO5/c1-3-5-7-9-11-13-15-17-18-19-33-36-39-43-47-51-55-59-63-69(74)75-64-60-56-52-48-44-40-37-34-31-29-27-25-23-21-20-22-24-26-28-30-32-35-38-42-46-50-54-58-62-68(73)70-66(65-71)67(72)61-57-53-49-45-41-16-14-12-10-8-6-4-2/h57,61,66-67,71-72H,3-56,58-60,62-65H2,1-2H3,(H,70,73)/b61-57+. The highest BCUT2D eigenvalue weighted by molar-refractivity contribution is 5.76. The minimum Gasteiger partial charge on any atom is -0.466 e. The van der Waals surface area contributed by atoms with Gasteiger partial charge in [0.05, 0.1) is 25.4 Å². The maximum Gasteiger partial charge on any atom is 0.305 e. The lowest BCUT2D eigenvalue weighted by Crippen LogP contribution is -2.45. The van der Waals surface area contributed by atoms with Crippen LogP contribution in [0.1, 0.15) is 393 Å². The minimum atomic E-state index is -0.840. The molecule has 0 rings (SSSR count). The van der Waals surface area contributed by atoms with Crippen molar-refractivity contribution >= 4 is 11.9 Å². The fourth-order valence-corrected chi connectivity index (χ4v) is 11.1. The number of rotatable bonds is 65. The summed E-state index contributed by atoms with van der Waals surface area (Å²) in [6.45, 7) is 4.94. The molecule has 1 amide bonds. The van der Waals surface area contributed by atoms with E-state index in [1.165, 1.54) is 327 Å². The minimum absolute atomic E-state index is 0.0236. The average molecular weight is 1060 g/mol. The number of aliphatic hydroxyl groups is 2. The van der Waals surface area contributed by atoms with E-state index in [9.17, 15) is 19.8 Å². The first-order valence-corrected chi connectivity index (χ1v) is 34.5. The molecule has 0 saturated heterocycles. The summed E-state index contributed by atoms with van der Waals surface area (Å²) in [4.78, 5) is 24.6. The highest BCUT2D eigenvalue weighted by Crippen LogP contribution is 2.19. The molecule has 2 atom stereocenters. The summed E-state index contributed by atoms with van der Waals surface area (Å²) in [5.41, 5.74) is 0. The van der Waals surface area contributed by atoms with E-state index < -0.39 is 12.1 Å². The number of hydrogen-bond acceptors (Lipinski definition) is 5. The molecule has 0 bridgehead atoms. The molecule has 0 radical (unpaired) electrons. The third kappa shape index (κ3) is 61.7. The van der Waals surface area contributed by atoms with Gasteiger partial charge in [0.2, 0.25) is 5.91 Å². The zero-order valence-corrected chi connectivity index (χ0v) is 51.1. The SMILES string of the molecule is CCCCCCCCCCCC/C=C/C(O)C(CO)NC(=O)CCCCCCCCCCCCCCCCCCCCCCCCCCCCCCOC(=O)CCCCCCCCCCCCCCCCCCCC. The van der Waals surface area contributed by atoms with Gasteiger partial charge in [0.15, 0.2) is 0 Å². The molecule has 0 aliphatic carbocycles. The number of aliphatic hydroxyl groups excluding tert-OH is 2. The summed E-state index contributed by atoms with van der Waals surface area (Å²) < 4.78 is 5.51. The van der Waals surface area contributed by atoms with Crippen LogP contribution < -0.4 is 5.32 Å². The van der Waals surface area contributed by atoms with Crippen LogP contribution in [-0.4, -0.2) is 47.4 Å². The van der Waals surface area contributed by atoms with Gasteiger partial charge in [-0.3, -0.25) is 9.59 Å². The molecule has 0 aromatic carbocycles. The molecule has 6 nitrogen and oxygen atoms in total. The Morgan fingerprint density at radius 3 is 0.907 bits per heavy atom. The molecule has 0 aromatic heterocycles. The van der Waals surface area contributed by atoms with Crippen molar-refractivity contribution in [3.63, 3.8) is 0 Å². The Morgan fingerprint density at radius 2 is 0.613 bits per heavy atom. The number of nitrogens with one attached hydrogen (secondary N) is 1. The van der Waals surface area contributed by atoms with Crippen LogP contribution in [0, 0.1) is 0 Å². The van der Waals surface area contributed by atoms with Crippen LogP contribution in [-0.2, 0) is 14.3 Å². The Bertz CT molecular complexity index is 1130. The highest BCUT2D eigenvalue weighted by atomic mass is 16.5. The van der Waals surface area contributed by atoms with E-state index in [1.54, 1.807) is 6.08 Å². The second-order valence-corrected chi connectivity index (χ2v) is 23.9. The number of esters is 1. The van der Waals surface area contributed by atoms with Gasteiger partial charge in [-0.1, -0.05) is 360 Å². The molecule has 0 fully saturated rings. The maximum absolute atomic E-state index is 12.4. The molecule has 0 heterocycles.